The lowest BCUT2D eigenvalue weighted by molar-refractivity contribution is 0.145. The van der Waals surface area contributed by atoms with E-state index >= 15 is 0 Å². The summed E-state index contributed by atoms with van der Waals surface area (Å²) >= 11 is 0. The Labute approximate surface area is 95.0 Å². The molecule has 0 N–H and O–H groups in total. The van der Waals surface area contributed by atoms with Crippen LogP contribution in [0, 0.1) is 0 Å². The molecule has 3 unspecified atom stereocenters. The molecule has 0 saturated carbocycles. The number of halogens is 2. The Morgan fingerprint density at radius 3 is 2.75 bits per heavy atom. The van der Waals surface area contributed by atoms with Crippen molar-refractivity contribution in [3.63, 3.8) is 0 Å². The highest BCUT2D eigenvalue weighted by molar-refractivity contribution is 5.62. The van der Waals surface area contributed by atoms with Gasteiger partial charge in [0.25, 0.3) is 0 Å². The maximum atomic E-state index is 13.9. The quantitative estimate of drug-likeness (QED) is 0.713. The standard InChI is InChI=1S/C14H16F2/c1-2-5-13(15)14(16)12-9-8-10-6-3-4-7-11(10)12/h3-4,6-9,12-14H,2,5H2,1H3. The van der Waals surface area contributed by atoms with Crippen LogP contribution in [0.2, 0.25) is 0 Å². The number of hydrogen-bond donors (Lipinski definition) is 0. The van der Waals surface area contributed by atoms with Crippen LogP contribution < -0.4 is 0 Å². The van der Waals surface area contributed by atoms with Gasteiger partial charge in [-0.15, -0.1) is 0 Å². The van der Waals surface area contributed by atoms with Gasteiger partial charge in [-0.05, 0) is 17.5 Å². The maximum absolute atomic E-state index is 13.9. The predicted octanol–water partition coefficient (Wildman–Crippen LogP) is 4.27. The van der Waals surface area contributed by atoms with E-state index in [4.69, 9.17) is 0 Å². The van der Waals surface area contributed by atoms with E-state index in [0.717, 1.165) is 11.1 Å². The van der Waals surface area contributed by atoms with Crippen molar-refractivity contribution in [2.24, 2.45) is 0 Å². The smallest absolute Gasteiger partial charge is 0.141 e. The molecule has 0 spiro atoms. The van der Waals surface area contributed by atoms with Crippen LogP contribution in [0.4, 0.5) is 8.78 Å². The predicted molar refractivity (Wildman–Crippen MR) is 62.9 cm³/mol. The summed E-state index contributed by atoms with van der Waals surface area (Å²) in [5.41, 5.74) is 1.92. The highest BCUT2D eigenvalue weighted by atomic mass is 19.2. The lowest BCUT2D eigenvalue weighted by atomic mass is 9.92. The zero-order valence-electron chi connectivity index (χ0n) is 9.37. The van der Waals surface area contributed by atoms with E-state index in [1.54, 1.807) is 6.08 Å². The van der Waals surface area contributed by atoms with Gasteiger partial charge in [-0.25, -0.2) is 8.78 Å². The Hall–Kier alpha value is -1.18. The molecule has 3 atom stereocenters. The first-order chi connectivity index (χ1) is 7.74. The largest absolute Gasteiger partial charge is 0.244 e. The molecular weight excluding hydrogens is 206 g/mol. The Bertz CT molecular complexity index is 384. The molecule has 2 rings (SSSR count). The fourth-order valence-electron chi connectivity index (χ4n) is 2.21. The normalized spacial score (nSPS) is 21.8. The average Bonchev–Trinajstić information content (AvgIpc) is 2.72. The number of allylic oxidation sites excluding steroid dienone is 1. The van der Waals surface area contributed by atoms with Crippen LogP contribution in [0.25, 0.3) is 6.08 Å². The van der Waals surface area contributed by atoms with E-state index in [1.165, 1.54) is 0 Å². The van der Waals surface area contributed by atoms with Crippen LogP contribution in [0.5, 0.6) is 0 Å². The highest BCUT2D eigenvalue weighted by Crippen LogP contribution is 2.36. The summed E-state index contributed by atoms with van der Waals surface area (Å²) < 4.78 is 27.5. The van der Waals surface area contributed by atoms with E-state index in [1.807, 2.05) is 37.3 Å². The Morgan fingerprint density at radius 2 is 2.00 bits per heavy atom. The second-order valence-corrected chi connectivity index (χ2v) is 4.26. The van der Waals surface area contributed by atoms with Crippen LogP contribution in [-0.2, 0) is 0 Å². The van der Waals surface area contributed by atoms with Crippen molar-refractivity contribution in [2.75, 3.05) is 0 Å². The van der Waals surface area contributed by atoms with Gasteiger partial charge in [0.2, 0.25) is 0 Å². The van der Waals surface area contributed by atoms with E-state index in [0.29, 0.717) is 12.8 Å². The SMILES string of the molecule is CCCC(F)C(F)C1C=Cc2ccccc21. The minimum Gasteiger partial charge on any atom is -0.244 e. The molecule has 0 saturated heterocycles. The van der Waals surface area contributed by atoms with Crippen molar-refractivity contribution in [1.82, 2.24) is 0 Å². The van der Waals surface area contributed by atoms with Gasteiger partial charge in [-0.1, -0.05) is 49.8 Å². The molecule has 1 aromatic rings. The molecule has 0 nitrogen and oxygen atoms in total. The summed E-state index contributed by atoms with van der Waals surface area (Å²) in [4.78, 5) is 0. The fourth-order valence-corrected chi connectivity index (χ4v) is 2.21. The molecule has 1 aliphatic carbocycles. The van der Waals surface area contributed by atoms with Crippen molar-refractivity contribution in [3.05, 3.63) is 41.5 Å². The Balaban J connectivity index is 2.16. The zero-order valence-corrected chi connectivity index (χ0v) is 9.37. The molecule has 0 bridgehead atoms. The van der Waals surface area contributed by atoms with Crippen LogP contribution >= 0.6 is 0 Å². The lowest BCUT2D eigenvalue weighted by Gasteiger charge is -2.19. The van der Waals surface area contributed by atoms with Gasteiger partial charge in [0.15, 0.2) is 0 Å². The first-order valence-electron chi connectivity index (χ1n) is 5.79. The molecule has 1 aliphatic rings. The molecule has 16 heavy (non-hydrogen) atoms. The van der Waals surface area contributed by atoms with Gasteiger partial charge >= 0.3 is 0 Å². The molecule has 1 aromatic carbocycles. The van der Waals surface area contributed by atoms with Crippen molar-refractivity contribution < 1.29 is 8.78 Å². The van der Waals surface area contributed by atoms with Crippen molar-refractivity contribution in [1.29, 1.82) is 0 Å². The summed E-state index contributed by atoms with van der Waals surface area (Å²) in [6.07, 6.45) is 1.86. The third-order valence-corrected chi connectivity index (χ3v) is 3.09. The summed E-state index contributed by atoms with van der Waals surface area (Å²) in [6.45, 7) is 1.87. The average molecular weight is 222 g/mol. The summed E-state index contributed by atoms with van der Waals surface area (Å²) in [6, 6.07) is 7.60. The number of fused-ring (bicyclic) bond motifs is 1. The van der Waals surface area contributed by atoms with E-state index < -0.39 is 18.3 Å². The zero-order chi connectivity index (χ0) is 11.5. The Kier molecular flexibility index (Phi) is 3.37. The second kappa shape index (κ2) is 4.77. The number of rotatable bonds is 4. The van der Waals surface area contributed by atoms with Gasteiger partial charge in [-0.3, -0.25) is 0 Å². The molecule has 0 aromatic heterocycles. The summed E-state index contributed by atoms with van der Waals surface area (Å²) in [5.74, 6) is -0.405. The molecule has 0 amide bonds. The van der Waals surface area contributed by atoms with Crippen molar-refractivity contribution in [3.8, 4) is 0 Å². The van der Waals surface area contributed by atoms with Crippen molar-refractivity contribution in [2.45, 2.75) is 38.0 Å². The topological polar surface area (TPSA) is 0 Å². The first kappa shape index (κ1) is 11.3. The first-order valence-corrected chi connectivity index (χ1v) is 5.79. The summed E-state index contributed by atoms with van der Waals surface area (Å²) in [7, 11) is 0. The van der Waals surface area contributed by atoms with Crippen LogP contribution in [0.1, 0.15) is 36.8 Å². The molecule has 2 heteroatoms. The van der Waals surface area contributed by atoms with Crippen molar-refractivity contribution >= 4 is 6.08 Å². The summed E-state index contributed by atoms with van der Waals surface area (Å²) in [5, 5.41) is 0. The third-order valence-electron chi connectivity index (χ3n) is 3.09. The minimum atomic E-state index is -1.42. The van der Waals surface area contributed by atoms with Gasteiger partial charge in [0.1, 0.15) is 12.3 Å². The Morgan fingerprint density at radius 1 is 1.25 bits per heavy atom. The molecule has 0 radical (unpaired) electrons. The van der Waals surface area contributed by atoms with Gasteiger partial charge < -0.3 is 0 Å². The van der Waals surface area contributed by atoms with Gasteiger partial charge in [-0.2, -0.15) is 0 Å². The van der Waals surface area contributed by atoms with Crippen LogP contribution in [0.3, 0.4) is 0 Å². The number of alkyl halides is 2. The second-order valence-electron chi connectivity index (χ2n) is 4.26. The highest BCUT2D eigenvalue weighted by Gasteiger charge is 2.31. The fraction of sp³-hybridized carbons (Fsp3) is 0.429. The number of benzene rings is 1. The molecule has 0 fully saturated rings. The van der Waals surface area contributed by atoms with Gasteiger partial charge in [0, 0.05) is 5.92 Å². The minimum absolute atomic E-state index is 0.299. The molecule has 0 heterocycles. The van der Waals surface area contributed by atoms with E-state index in [-0.39, 0.29) is 0 Å². The molecular formula is C14H16F2. The monoisotopic (exact) mass is 222 g/mol. The van der Waals surface area contributed by atoms with E-state index in [2.05, 4.69) is 0 Å². The van der Waals surface area contributed by atoms with Gasteiger partial charge in [0.05, 0.1) is 0 Å². The third kappa shape index (κ3) is 2.01. The maximum Gasteiger partial charge on any atom is 0.141 e. The van der Waals surface area contributed by atoms with E-state index in [9.17, 15) is 8.78 Å². The lowest BCUT2D eigenvalue weighted by Crippen LogP contribution is -2.23. The van der Waals surface area contributed by atoms with Crippen LogP contribution in [-0.4, -0.2) is 12.3 Å². The van der Waals surface area contributed by atoms with Crippen LogP contribution in [0.15, 0.2) is 30.3 Å². The number of hydrogen-bond acceptors (Lipinski definition) is 0. The molecule has 0 aliphatic heterocycles. The molecule has 86 valence electrons.